The number of carbonyl (C=O) groups excluding carboxylic acids is 1. The molecule has 0 saturated carbocycles. The number of carbonyl (C=O) groups is 1. The lowest BCUT2D eigenvalue weighted by molar-refractivity contribution is 0.103. The van der Waals surface area contributed by atoms with E-state index in [1.807, 2.05) is 30.3 Å². The average molecular weight is 285 g/mol. The second-order valence-corrected chi connectivity index (χ2v) is 4.90. The fourth-order valence-electron chi connectivity index (χ4n) is 2.17. The molecule has 0 N–H and O–H groups in total. The first-order valence-electron chi connectivity index (χ1n) is 6.14. The van der Waals surface area contributed by atoms with Gasteiger partial charge in [0.05, 0.1) is 10.6 Å². The third kappa shape index (κ3) is 2.19. The summed E-state index contributed by atoms with van der Waals surface area (Å²) in [7, 11) is 0. The molecule has 98 valence electrons. The van der Waals surface area contributed by atoms with Gasteiger partial charge < -0.3 is 0 Å². The molecule has 0 aliphatic rings. The molecule has 3 aromatic carbocycles. The molecular weight excluding hydrogens is 275 g/mol. The lowest BCUT2D eigenvalue weighted by Gasteiger charge is -2.05. The Labute approximate surface area is 120 Å². The Morgan fingerprint density at radius 2 is 1.65 bits per heavy atom. The zero-order valence-corrected chi connectivity index (χ0v) is 11.2. The number of rotatable bonds is 2. The van der Waals surface area contributed by atoms with E-state index in [0.717, 1.165) is 10.8 Å². The SMILES string of the molecule is O=C(c1ccc2ccccc2c1)c1cccc(Cl)c1F. The van der Waals surface area contributed by atoms with Gasteiger partial charge in [-0.1, -0.05) is 54.1 Å². The average Bonchev–Trinajstić information content (AvgIpc) is 2.49. The molecule has 0 heterocycles. The largest absolute Gasteiger partial charge is 0.288 e. The van der Waals surface area contributed by atoms with Crippen molar-refractivity contribution in [1.82, 2.24) is 0 Å². The van der Waals surface area contributed by atoms with Crippen molar-refractivity contribution in [1.29, 1.82) is 0 Å². The topological polar surface area (TPSA) is 17.1 Å². The molecule has 0 aliphatic carbocycles. The van der Waals surface area contributed by atoms with Gasteiger partial charge >= 0.3 is 0 Å². The summed E-state index contributed by atoms with van der Waals surface area (Å²) in [6, 6.07) is 17.5. The Kier molecular flexibility index (Phi) is 3.25. The van der Waals surface area contributed by atoms with Crippen LogP contribution in [0.25, 0.3) is 10.8 Å². The number of ketones is 1. The van der Waals surface area contributed by atoms with Gasteiger partial charge in [-0.2, -0.15) is 0 Å². The molecule has 20 heavy (non-hydrogen) atoms. The van der Waals surface area contributed by atoms with E-state index in [9.17, 15) is 9.18 Å². The van der Waals surface area contributed by atoms with Crippen LogP contribution in [0.3, 0.4) is 0 Å². The number of hydrogen-bond donors (Lipinski definition) is 0. The molecule has 0 fully saturated rings. The first kappa shape index (κ1) is 12.8. The second-order valence-electron chi connectivity index (χ2n) is 4.49. The fraction of sp³-hybridized carbons (Fsp3) is 0. The first-order chi connectivity index (χ1) is 9.66. The monoisotopic (exact) mass is 284 g/mol. The van der Waals surface area contributed by atoms with Crippen LogP contribution < -0.4 is 0 Å². The summed E-state index contributed by atoms with van der Waals surface area (Å²) in [4.78, 5) is 12.4. The van der Waals surface area contributed by atoms with E-state index in [1.165, 1.54) is 12.1 Å². The lowest BCUT2D eigenvalue weighted by atomic mass is 10.00. The zero-order valence-electron chi connectivity index (χ0n) is 10.4. The summed E-state index contributed by atoms with van der Waals surface area (Å²) in [6.07, 6.45) is 0. The van der Waals surface area contributed by atoms with Gasteiger partial charge in [-0.3, -0.25) is 4.79 Å². The molecule has 0 saturated heterocycles. The maximum Gasteiger partial charge on any atom is 0.196 e. The van der Waals surface area contributed by atoms with Crippen LogP contribution in [0.2, 0.25) is 5.02 Å². The molecule has 0 spiro atoms. The molecule has 3 aromatic rings. The molecule has 3 heteroatoms. The number of halogens is 2. The van der Waals surface area contributed by atoms with Crippen LogP contribution in [-0.4, -0.2) is 5.78 Å². The van der Waals surface area contributed by atoms with Crippen LogP contribution in [0.1, 0.15) is 15.9 Å². The smallest absolute Gasteiger partial charge is 0.196 e. The fourth-order valence-corrected chi connectivity index (χ4v) is 2.34. The highest BCUT2D eigenvalue weighted by molar-refractivity contribution is 6.31. The van der Waals surface area contributed by atoms with Crippen LogP contribution in [-0.2, 0) is 0 Å². The molecule has 0 radical (unpaired) electrons. The van der Waals surface area contributed by atoms with Crippen molar-refractivity contribution in [3.63, 3.8) is 0 Å². The quantitative estimate of drug-likeness (QED) is 0.614. The van der Waals surface area contributed by atoms with Gasteiger partial charge in [0.15, 0.2) is 11.6 Å². The van der Waals surface area contributed by atoms with Crippen molar-refractivity contribution in [2.24, 2.45) is 0 Å². The predicted octanol–water partition coefficient (Wildman–Crippen LogP) is 4.86. The third-order valence-corrected chi connectivity index (χ3v) is 3.50. The van der Waals surface area contributed by atoms with E-state index in [0.29, 0.717) is 5.56 Å². The lowest BCUT2D eigenvalue weighted by Crippen LogP contribution is -2.04. The maximum atomic E-state index is 13.9. The molecular formula is C17H10ClFO. The van der Waals surface area contributed by atoms with Gasteiger partial charge in [-0.15, -0.1) is 0 Å². The van der Waals surface area contributed by atoms with E-state index in [2.05, 4.69) is 0 Å². The van der Waals surface area contributed by atoms with E-state index in [-0.39, 0.29) is 16.4 Å². The maximum absolute atomic E-state index is 13.9. The molecule has 0 atom stereocenters. The molecule has 3 rings (SSSR count). The minimum Gasteiger partial charge on any atom is -0.288 e. The highest BCUT2D eigenvalue weighted by Gasteiger charge is 2.16. The molecule has 0 aromatic heterocycles. The summed E-state index contributed by atoms with van der Waals surface area (Å²) in [5.41, 5.74) is 0.442. The Hall–Kier alpha value is -2.19. The Morgan fingerprint density at radius 1 is 0.900 bits per heavy atom. The van der Waals surface area contributed by atoms with Gasteiger partial charge in [0.2, 0.25) is 0 Å². The van der Waals surface area contributed by atoms with Gasteiger partial charge in [-0.05, 0) is 29.0 Å². The molecule has 0 aliphatic heterocycles. The number of fused-ring (bicyclic) bond motifs is 1. The first-order valence-corrected chi connectivity index (χ1v) is 6.52. The molecule has 1 nitrogen and oxygen atoms in total. The van der Waals surface area contributed by atoms with Crippen molar-refractivity contribution < 1.29 is 9.18 Å². The summed E-state index contributed by atoms with van der Waals surface area (Å²) in [5.74, 6) is -1.04. The van der Waals surface area contributed by atoms with E-state index < -0.39 is 5.82 Å². The number of benzene rings is 3. The van der Waals surface area contributed by atoms with Gasteiger partial charge in [0.25, 0.3) is 0 Å². The van der Waals surface area contributed by atoms with Crippen LogP contribution in [0.4, 0.5) is 4.39 Å². The van der Waals surface area contributed by atoms with E-state index >= 15 is 0 Å². The highest BCUT2D eigenvalue weighted by Crippen LogP contribution is 2.22. The molecule has 0 bridgehead atoms. The summed E-state index contributed by atoms with van der Waals surface area (Å²) in [6.45, 7) is 0. The number of hydrogen-bond acceptors (Lipinski definition) is 1. The van der Waals surface area contributed by atoms with Crippen molar-refractivity contribution in [2.75, 3.05) is 0 Å². The van der Waals surface area contributed by atoms with E-state index in [1.54, 1.807) is 18.2 Å². The third-order valence-electron chi connectivity index (χ3n) is 3.21. The van der Waals surface area contributed by atoms with Crippen LogP contribution >= 0.6 is 11.6 Å². The van der Waals surface area contributed by atoms with Crippen LogP contribution in [0, 0.1) is 5.82 Å². The molecule has 0 amide bonds. The van der Waals surface area contributed by atoms with Gasteiger partial charge in [0.1, 0.15) is 0 Å². The van der Waals surface area contributed by atoms with Gasteiger partial charge in [-0.25, -0.2) is 4.39 Å². The zero-order chi connectivity index (χ0) is 14.1. The minimum absolute atomic E-state index is 0.00668. The minimum atomic E-state index is -0.674. The van der Waals surface area contributed by atoms with Crippen molar-refractivity contribution in [3.8, 4) is 0 Å². The Morgan fingerprint density at radius 3 is 2.45 bits per heavy atom. The van der Waals surface area contributed by atoms with Crippen LogP contribution in [0.15, 0.2) is 60.7 Å². The highest BCUT2D eigenvalue weighted by atomic mass is 35.5. The second kappa shape index (κ2) is 5.06. The Bertz CT molecular complexity index is 811. The van der Waals surface area contributed by atoms with Crippen LogP contribution in [0.5, 0.6) is 0 Å². The van der Waals surface area contributed by atoms with Crippen molar-refractivity contribution in [2.45, 2.75) is 0 Å². The summed E-state index contributed by atoms with van der Waals surface area (Å²) >= 11 is 5.71. The summed E-state index contributed by atoms with van der Waals surface area (Å²) < 4.78 is 13.9. The Balaban J connectivity index is 2.10. The van der Waals surface area contributed by atoms with E-state index in [4.69, 9.17) is 11.6 Å². The predicted molar refractivity (Wildman–Crippen MR) is 78.8 cm³/mol. The summed E-state index contributed by atoms with van der Waals surface area (Å²) in [5, 5.41) is 1.94. The normalized spacial score (nSPS) is 10.7. The van der Waals surface area contributed by atoms with Crippen molar-refractivity contribution >= 4 is 28.2 Å². The molecule has 0 unspecified atom stereocenters. The standard InChI is InChI=1S/C17H10ClFO/c18-15-7-3-6-14(16(15)19)17(20)13-9-8-11-4-1-2-5-12(11)10-13/h1-10H. The van der Waals surface area contributed by atoms with Gasteiger partial charge in [0, 0.05) is 5.56 Å². The van der Waals surface area contributed by atoms with Crippen molar-refractivity contribution in [3.05, 3.63) is 82.6 Å².